The molecule has 1 aliphatic carbocycles. The van der Waals surface area contributed by atoms with Crippen LogP contribution in [0.15, 0.2) is 131 Å². The molecule has 0 amide bonds. The topological polar surface area (TPSA) is 628 Å². The first-order valence-electron chi connectivity index (χ1n) is 38.2. The smallest absolute Gasteiger partial charge is 0.870 e. The van der Waals surface area contributed by atoms with Crippen LogP contribution in [0.3, 0.4) is 0 Å². The van der Waals surface area contributed by atoms with Crippen molar-refractivity contribution in [3.05, 3.63) is 176 Å². The first-order valence-corrected chi connectivity index (χ1v) is 50.0. The number of hydrogen-bond donors (Lipinski definition) is 3. The number of rotatable bonds is 33. The zero-order valence-corrected chi connectivity index (χ0v) is 84.8. The summed E-state index contributed by atoms with van der Waals surface area (Å²) in [6, 6.07) is 4.13. The number of hydrogen-bond acceptors (Lipinski definition) is 44. The van der Waals surface area contributed by atoms with E-state index in [0.717, 1.165) is 68.8 Å². The van der Waals surface area contributed by atoms with Crippen molar-refractivity contribution in [2.75, 3.05) is 100 Å². The molecule has 1 aliphatic rings. The minimum atomic E-state index is -3.43. The number of sulfone groups is 2. The number of nitrogen functional groups attached to an aromatic ring is 1. The largest absolute Gasteiger partial charge is 1.00 e. The number of carbonyl (C=O) groups excluding carboxylic acids is 7. The summed E-state index contributed by atoms with van der Waals surface area (Å²) in [5.41, 5.74) is 6.53. The minimum Gasteiger partial charge on any atom is -0.870 e. The van der Waals surface area contributed by atoms with Gasteiger partial charge in [-0.25, -0.2) is 138 Å². The number of anilines is 2. The van der Waals surface area contributed by atoms with Crippen LogP contribution in [0.25, 0.3) is 0 Å². The van der Waals surface area contributed by atoms with Crippen LogP contribution in [0, 0.1) is 5.92 Å². The van der Waals surface area contributed by atoms with E-state index in [0.29, 0.717) is 93.7 Å². The zero-order chi connectivity index (χ0) is 99.1. The van der Waals surface area contributed by atoms with Gasteiger partial charge in [-0.3, -0.25) is 4.72 Å². The normalized spacial score (nSPS) is 11.3. The Morgan fingerprint density at radius 2 is 0.993 bits per heavy atom. The molecule has 0 unspecified atom stereocenters. The number of aromatic nitrogens is 15. The van der Waals surface area contributed by atoms with Gasteiger partial charge < -0.3 is 64.1 Å². The summed E-state index contributed by atoms with van der Waals surface area (Å²) in [5.74, 6) is -5.59. The van der Waals surface area contributed by atoms with E-state index < -0.39 is 96.2 Å². The molecular formula is C78H95Cl3F2N17NaO26S7. The summed E-state index contributed by atoms with van der Waals surface area (Å²) in [4.78, 5) is 148. The first-order chi connectivity index (χ1) is 62.2. The van der Waals surface area contributed by atoms with Crippen molar-refractivity contribution in [2.45, 2.75) is 131 Å². The molecule has 0 radical (unpaired) electrons. The molecule has 0 saturated heterocycles. The molecule has 0 aliphatic heterocycles. The summed E-state index contributed by atoms with van der Waals surface area (Å²) >= 11 is 24.1. The molecule has 43 nitrogen and oxygen atoms in total. The van der Waals surface area contributed by atoms with Crippen molar-refractivity contribution < 1.29 is 165 Å². The Morgan fingerprint density at radius 3 is 1.40 bits per heavy atom. The monoisotopic (exact) mass is 2080 g/mol. The van der Waals surface area contributed by atoms with Gasteiger partial charge in [0, 0.05) is 98.9 Å². The predicted molar refractivity (Wildman–Crippen MR) is 481 cm³/mol. The average Bonchev–Trinajstić information content (AvgIpc) is 1.27. The standard InChI is InChI=1S/C27H25Cl2F2N3O8S.C9H12N2O2S2.C8H9ClN2O2S.C8H10N2O4S.C8H10N2O2S.C7H9N3O2.C6H7N3O4S.C5H11O.Na.H2O/c1-43(37,38)14-24-33-8-17(9-34-24)26(36)40-13-25(35)41-22(7-18-19(28)10-32-11-20(18)29)16-4-5-21(42-27(30)31)23(6-16)39-12-15-2-3-15;1-4-13-8(12)6-5-10-9(15-3)11-7(6)14-2;1-3-13-7(12)5-4-10-8(14-2)11-6(5)9;1-3-14-7(11)6-4-9-8(10-5-6)15(2,12)13;1-3-12-7(11)6-4-9-8(13-2)10-5-6;1-2-12-6(11)5-3-9-7(8)10-4-5;1-14(12,13)9-6-7-2-4(3-8-6)5(10)11;1-4-5(2,3)6;;/h4-6,8-11,15,22,27H,2-3,7,12-14H2,1H3;5H,4H2,1-3H3;4H,3H2,1-2H3;4-5H,3H2,1-2H3;4-5H,3H2,1-2H3;3-4H,2H2,1H3,(H2,8,9,10);2-3H,1H3,(H,10,11)(H,7,8,9);4H2,1-3H3;;1H2/q;;;;;;;-1;+1;/t22-;;;;;;;;;/m0........./s1. The number of H-pyrrole nitrogens is 1. The summed E-state index contributed by atoms with van der Waals surface area (Å²) in [7, 11) is -10.2. The van der Waals surface area contributed by atoms with Crippen LogP contribution in [0.4, 0.5) is 20.7 Å². The number of nitrogens with zero attached hydrogens (tertiary/aromatic N) is 14. The predicted octanol–water partition coefficient (Wildman–Crippen LogP) is 6.92. The fraction of sp³-hybridized carbons (Fsp3) is 0.397. The molecule has 0 spiro atoms. The molecular weight excluding hydrogens is 1980 g/mol. The number of carbonyl (C=O) groups is 8. The van der Waals surface area contributed by atoms with Crippen LogP contribution in [-0.2, 0) is 79.8 Å². The molecule has 1 fully saturated rings. The number of carboxylic acids is 1. The maximum atomic E-state index is 13.0. The van der Waals surface area contributed by atoms with E-state index in [9.17, 15) is 77.5 Å². The molecule has 1 saturated carbocycles. The third kappa shape index (κ3) is 48.3. The number of nitrogens with two attached hydrogens (primary N) is 1. The maximum Gasteiger partial charge on any atom is 1.00 e. The van der Waals surface area contributed by atoms with Gasteiger partial charge in [0.1, 0.15) is 49.0 Å². The Bertz CT molecular complexity index is 5610. The maximum absolute atomic E-state index is 13.0. The fourth-order valence-corrected chi connectivity index (χ4v) is 12.3. The summed E-state index contributed by atoms with van der Waals surface area (Å²) in [6.45, 7) is 11.9. The van der Waals surface area contributed by atoms with Crippen LogP contribution in [0.5, 0.6) is 11.5 Å². The van der Waals surface area contributed by atoms with Crippen molar-refractivity contribution in [3.8, 4) is 11.5 Å². The van der Waals surface area contributed by atoms with Crippen molar-refractivity contribution >= 4 is 171 Å². The van der Waals surface area contributed by atoms with Gasteiger partial charge in [-0.05, 0) is 96.1 Å². The van der Waals surface area contributed by atoms with E-state index in [2.05, 4.69) is 84.2 Å². The molecule has 1 aromatic carbocycles. The van der Waals surface area contributed by atoms with Gasteiger partial charge in [0.25, 0.3) is 0 Å². The van der Waals surface area contributed by atoms with Crippen molar-refractivity contribution in [1.82, 2.24) is 69.8 Å². The Labute approximate surface area is 824 Å². The Morgan fingerprint density at radius 1 is 0.575 bits per heavy atom. The van der Waals surface area contributed by atoms with Crippen LogP contribution in [0.1, 0.15) is 170 Å². The summed E-state index contributed by atoms with van der Waals surface area (Å²) in [5, 5.41) is 21.8. The number of benzene rings is 1. The number of thioether (sulfide) groups is 4. The Kier molecular flexibility index (Phi) is 56.8. The quantitative estimate of drug-likeness (QED) is 0.00938. The van der Waals surface area contributed by atoms with Crippen molar-refractivity contribution in [2.24, 2.45) is 5.92 Å². The van der Waals surface area contributed by atoms with Gasteiger partial charge >= 0.3 is 83.9 Å². The van der Waals surface area contributed by atoms with E-state index >= 15 is 0 Å². The number of aromatic amines is 1. The number of sulfonamides is 1. The molecule has 6 N–H and O–H groups in total. The zero-order valence-electron chi connectivity index (χ0n) is 74.8. The van der Waals surface area contributed by atoms with E-state index in [4.69, 9.17) is 78.8 Å². The van der Waals surface area contributed by atoms with Crippen molar-refractivity contribution in [1.29, 1.82) is 0 Å². The number of ether oxygens (including phenoxy) is 9. The SMILES string of the molecule is CCC(C)(C)[O-].CCOC(=O)c1cnc(N)nc1.CCOC(=O)c1cnc(S(C)(=O)=O)nc1.CCOC(=O)c1cnc(SC)nc1.CCOC(=O)c1cnc(SC)nc1Cl.CCOC(=O)c1cnc(SC)nc1SC.CS(=O)(=O)Cc1ncc(C(=O)OCC(=O)O[C@@H](Cc2c(Cl)c[nH+]cc2Cl)c2ccc(OC(F)F)c(OCC3CC3)c2)cn1.CS(=O)(=O)Nc1ncc(C(=O)O)cn1.[Na+].[OH-]. The van der Waals surface area contributed by atoms with E-state index in [-0.39, 0.29) is 132 Å². The minimum absolute atomic E-state index is 0. The number of alkyl halides is 2. The number of halogens is 5. The average molecular weight is 2080 g/mol. The summed E-state index contributed by atoms with van der Waals surface area (Å²) < 4.78 is 139. The molecule has 56 heteroatoms. The van der Waals surface area contributed by atoms with Crippen molar-refractivity contribution in [3.63, 3.8) is 0 Å². The number of carboxylic acid groups (broad SMARTS) is 1. The first kappa shape index (κ1) is 122. The Balaban J connectivity index is 0.000000828. The van der Waals surface area contributed by atoms with E-state index in [1.54, 1.807) is 48.5 Å². The number of nitrogens with one attached hydrogen (secondary N) is 2. The van der Waals surface area contributed by atoms with E-state index in [1.807, 2.05) is 36.7 Å². The molecule has 1 atom stereocenters. The molecule has 726 valence electrons. The fourth-order valence-electron chi connectivity index (χ4n) is 8.40. The van der Waals surface area contributed by atoms with Gasteiger partial charge in [0.2, 0.25) is 36.9 Å². The number of pyridine rings is 1. The van der Waals surface area contributed by atoms with Gasteiger partial charge in [-0.1, -0.05) is 103 Å². The van der Waals surface area contributed by atoms with Crippen LogP contribution < -0.4 is 59.6 Å². The Hall–Kier alpha value is -10.2. The van der Waals surface area contributed by atoms with Gasteiger partial charge in [-0.15, -0.1) is 17.4 Å². The van der Waals surface area contributed by atoms with E-state index in [1.165, 1.54) is 115 Å². The molecule has 8 aromatic heterocycles. The van der Waals surface area contributed by atoms with Crippen LogP contribution in [-0.4, -0.2) is 256 Å². The molecule has 0 bridgehead atoms. The van der Waals surface area contributed by atoms with Gasteiger partial charge in [0.15, 0.2) is 55.8 Å². The van der Waals surface area contributed by atoms with Gasteiger partial charge in [0.05, 0.1) is 73.7 Å². The molecule has 134 heavy (non-hydrogen) atoms. The second-order valence-corrected chi connectivity index (χ2v) is 36.1. The molecule has 9 aromatic rings. The van der Waals surface area contributed by atoms with Crippen LogP contribution in [0.2, 0.25) is 15.2 Å². The number of aromatic carboxylic acids is 1. The molecule has 8 heterocycles. The summed E-state index contributed by atoms with van der Waals surface area (Å²) in [6.07, 6.45) is 29.9. The van der Waals surface area contributed by atoms with Crippen LogP contribution >= 0.6 is 81.9 Å². The third-order valence-corrected chi connectivity index (χ3v) is 20.6. The second kappa shape index (κ2) is 62.4. The molecule has 10 rings (SSSR count). The number of esters is 7. The second-order valence-electron chi connectivity index (χ2n) is 26.0. The third-order valence-electron chi connectivity index (χ3n) is 15.0. The van der Waals surface area contributed by atoms with Gasteiger partial charge in [-0.2, -0.15) is 8.78 Å².